The lowest BCUT2D eigenvalue weighted by Gasteiger charge is -2.36. The Morgan fingerprint density at radius 3 is 2.28 bits per heavy atom. The number of hydrogen-bond acceptors (Lipinski definition) is 6. The van der Waals surface area contributed by atoms with Crippen LogP contribution < -0.4 is 10.3 Å². The second kappa shape index (κ2) is 9.24. The van der Waals surface area contributed by atoms with Crippen molar-refractivity contribution in [3.8, 4) is 5.75 Å². The van der Waals surface area contributed by atoms with E-state index < -0.39 is 0 Å². The van der Waals surface area contributed by atoms with Crippen molar-refractivity contribution in [2.45, 2.75) is 13.1 Å². The SMILES string of the molecule is Cn1c(CN2CCSCC2)cc(=O)c(O)c1CN1CCN(c2ccccc2)CC1. The molecule has 0 bridgehead atoms. The van der Waals surface area contributed by atoms with Crippen LogP contribution in [0.15, 0.2) is 41.2 Å². The molecule has 2 saturated heterocycles. The van der Waals surface area contributed by atoms with Crippen LogP contribution in [-0.2, 0) is 20.1 Å². The lowest BCUT2D eigenvalue weighted by Crippen LogP contribution is -2.46. The molecule has 2 aromatic rings. The Hall–Kier alpha value is -1.96. The topological polar surface area (TPSA) is 52.0 Å². The van der Waals surface area contributed by atoms with Gasteiger partial charge in [-0.15, -0.1) is 0 Å². The summed E-state index contributed by atoms with van der Waals surface area (Å²) in [6.07, 6.45) is 0. The summed E-state index contributed by atoms with van der Waals surface area (Å²) in [6, 6.07) is 12.1. The van der Waals surface area contributed by atoms with Crippen LogP contribution in [0.25, 0.3) is 0 Å². The number of pyridine rings is 1. The van der Waals surface area contributed by atoms with E-state index in [1.807, 2.05) is 29.4 Å². The van der Waals surface area contributed by atoms with Crippen molar-refractivity contribution >= 4 is 17.4 Å². The van der Waals surface area contributed by atoms with Gasteiger partial charge in [0.2, 0.25) is 5.43 Å². The molecule has 3 heterocycles. The number of benzene rings is 1. The number of thioether (sulfide) groups is 1. The Labute approximate surface area is 176 Å². The molecule has 2 aliphatic heterocycles. The van der Waals surface area contributed by atoms with Crippen molar-refractivity contribution in [1.29, 1.82) is 0 Å². The van der Waals surface area contributed by atoms with E-state index in [1.54, 1.807) is 6.07 Å². The van der Waals surface area contributed by atoms with Gasteiger partial charge >= 0.3 is 0 Å². The summed E-state index contributed by atoms with van der Waals surface area (Å²) in [5, 5.41) is 10.5. The molecule has 1 aromatic heterocycles. The quantitative estimate of drug-likeness (QED) is 0.807. The molecule has 2 fully saturated rings. The van der Waals surface area contributed by atoms with E-state index in [9.17, 15) is 9.90 Å². The highest BCUT2D eigenvalue weighted by Crippen LogP contribution is 2.21. The number of aromatic hydroxyl groups is 1. The van der Waals surface area contributed by atoms with Gasteiger partial charge in [-0.2, -0.15) is 11.8 Å². The minimum absolute atomic E-state index is 0.101. The van der Waals surface area contributed by atoms with Gasteiger partial charge in [-0.25, -0.2) is 0 Å². The van der Waals surface area contributed by atoms with Crippen molar-refractivity contribution < 1.29 is 5.11 Å². The van der Waals surface area contributed by atoms with Crippen molar-refractivity contribution in [1.82, 2.24) is 14.4 Å². The zero-order chi connectivity index (χ0) is 20.2. The Bertz CT molecular complexity index is 872. The van der Waals surface area contributed by atoms with E-state index in [4.69, 9.17) is 0 Å². The second-order valence-corrected chi connectivity index (χ2v) is 9.07. The van der Waals surface area contributed by atoms with Gasteiger partial charge in [0.05, 0.1) is 5.69 Å². The number of piperazine rings is 1. The molecule has 0 saturated carbocycles. The molecule has 0 unspecified atom stereocenters. The summed E-state index contributed by atoms with van der Waals surface area (Å²) in [6.45, 7) is 7.19. The average molecular weight is 415 g/mol. The highest BCUT2D eigenvalue weighted by atomic mass is 32.2. The summed E-state index contributed by atoms with van der Waals surface area (Å²) >= 11 is 1.98. The summed E-state index contributed by atoms with van der Waals surface area (Å²) < 4.78 is 2.03. The predicted octanol–water partition coefficient (Wildman–Crippen LogP) is 1.96. The van der Waals surface area contributed by atoms with Gasteiger partial charge in [0.1, 0.15) is 0 Å². The summed E-state index contributed by atoms with van der Waals surface area (Å²) in [5.41, 5.74) is 2.70. The van der Waals surface area contributed by atoms with Gasteiger partial charge in [0, 0.05) is 88.4 Å². The van der Waals surface area contributed by atoms with Gasteiger partial charge in [0.15, 0.2) is 5.75 Å². The van der Waals surface area contributed by atoms with E-state index in [1.165, 1.54) is 5.69 Å². The van der Waals surface area contributed by atoms with Crippen LogP contribution in [0.4, 0.5) is 5.69 Å². The largest absolute Gasteiger partial charge is 0.503 e. The Morgan fingerprint density at radius 1 is 0.931 bits per heavy atom. The van der Waals surface area contributed by atoms with Crippen molar-refractivity contribution in [2.24, 2.45) is 7.05 Å². The number of hydrogen-bond donors (Lipinski definition) is 1. The maximum atomic E-state index is 12.4. The molecule has 1 N–H and O–H groups in total. The molecule has 156 valence electrons. The van der Waals surface area contributed by atoms with E-state index >= 15 is 0 Å². The molecule has 6 nitrogen and oxygen atoms in total. The second-order valence-electron chi connectivity index (χ2n) is 7.84. The fraction of sp³-hybridized carbons (Fsp3) is 0.500. The average Bonchev–Trinajstić information content (AvgIpc) is 2.77. The maximum Gasteiger partial charge on any atom is 0.223 e. The molecule has 1 aromatic carbocycles. The maximum absolute atomic E-state index is 12.4. The van der Waals surface area contributed by atoms with E-state index in [0.717, 1.165) is 68.7 Å². The molecule has 0 amide bonds. The lowest BCUT2D eigenvalue weighted by molar-refractivity contribution is 0.237. The first-order valence-electron chi connectivity index (χ1n) is 10.3. The van der Waals surface area contributed by atoms with Gasteiger partial charge in [-0.3, -0.25) is 14.6 Å². The smallest absolute Gasteiger partial charge is 0.223 e. The van der Waals surface area contributed by atoms with Crippen LogP contribution >= 0.6 is 11.8 Å². The minimum atomic E-state index is -0.262. The first-order valence-corrected chi connectivity index (χ1v) is 11.5. The molecule has 4 rings (SSSR count). The van der Waals surface area contributed by atoms with E-state index in [2.05, 4.69) is 39.0 Å². The molecule has 7 heteroatoms. The monoisotopic (exact) mass is 414 g/mol. The molecule has 2 aliphatic rings. The summed E-state index contributed by atoms with van der Waals surface area (Å²) in [4.78, 5) is 19.5. The summed E-state index contributed by atoms with van der Waals surface area (Å²) in [7, 11) is 1.97. The minimum Gasteiger partial charge on any atom is -0.503 e. The first-order chi connectivity index (χ1) is 14.1. The normalized spacial score (nSPS) is 18.9. The first kappa shape index (κ1) is 20.3. The van der Waals surface area contributed by atoms with Crippen LogP contribution in [0.1, 0.15) is 11.4 Å². The van der Waals surface area contributed by atoms with Crippen molar-refractivity contribution in [3.63, 3.8) is 0 Å². The number of rotatable bonds is 5. The highest BCUT2D eigenvalue weighted by molar-refractivity contribution is 7.99. The fourth-order valence-corrected chi connectivity index (χ4v) is 5.11. The van der Waals surface area contributed by atoms with Gasteiger partial charge in [-0.1, -0.05) is 18.2 Å². The number of nitrogens with zero attached hydrogens (tertiary/aromatic N) is 4. The molecule has 29 heavy (non-hydrogen) atoms. The predicted molar refractivity (Wildman–Crippen MR) is 120 cm³/mol. The molecule has 0 spiro atoms. The van der Waals surface area contributed by atoms with E-state index in [-0.39, 0.29) is 11.2 Å². The molecule has 0 atom stereocenters. The molecular formula is C22H30N4O2S. The van der Waals surface area contributed by atoms with Crippen molar-refractivity contribution in [3.05, 3.63) is 58.0 Å². The number of para-hydroxylation sites is 1. The Balaban J connectivity index is 1.45. The molecule has 0 radical (unpaired) electrons. The standard InChI is InChI=1S/C22H30N4O2S/c1-23-19(16-25-11-13-29-14-12-25)15-21(27)22(28)20(23)17-24-7-9-26(10-8-24)18-5-3-2-4-6-18/h2-6,15,28H,7-14,16-17H2,1H3. The van der Waals surface area contributed by atoms with Crippen LogP contribution in [0.3, 0.4) is 0 Å². The lowest BCUT2D eigenvalue weighted by atomic mass is 10.2. The van der Waals surface area contributed by atoms with Crippen LogP contribution in [0.2, 0.25) is 0 Å². The number of aromatic nitrogens is 1. The zero-order valence-corrected chi connectivity index (χ0v) is 17.9. The van der Waals surface area contributed by atoms with E-state index in [0.29, 0.717) is 6.54 Å². The van der Waals surface area contributed by atoms with Crippen LogP contribution in [0.5, 0.6) is 5.75 Å². The van der Waals surface area contributed by atoms with Crippen molar-refractivity contribution in [2.75, 3.05) is 55.7 Å². The zero-order valence-electron chi connectivity index (χ0n) is 17.1. The fourth-order valence-electron chi connectivity index (χ4n) is 4.13. The third-order valence-electron chi connectivity index (χ3n) is 6.00. The Kier molecular flexibility index (Phi) is 6.47. The summed E-state index contributed by atoms with van der Waals surface area (Å²) in [5.74, 6) is 2.19. The van der Waals surface area contributed by atoms with Gasteiger partial charge < -0.3 is 14.6 Å². The molecular weight excluding hydrogens is 384 g/mol. The van der Waals surface area contributed by atoms with Gasteiger partial charge in [0.25, 0.3) is 0 Å². The van der Waals surface area contributed by atoms with Crippen LogP contribution in [-0.4, -0.2) is 70.2 Å². The van der Waals surface area contributed by atoms with Crippen LogP contribution in [0, 0.1) is 0 Å². The third kappa shape index (κ3) is 4.79. The number of anilines is 1. The highest BCUT2D eigenvalue weighted by Gasteiger charge is 2.22. The Morgan fingerprint density at radius 2 is 1.59 bits per heavy atom. The molecule has 0 aliphatic carbocycles. The van der Waals surface area contributed by atoms with Gasteiger partial charge in [-0.05, 0) is 12.1 Å². The third-order valence-corrected chi connectivity index (χ3v) is 6.94.